The molecule has 1 aromatic rings. The summed E-state index contributed by atoms with van der Waals surface area (Å²) in [5.41, 5.74) is 5.84. The molecule has 0 radical (unpaired) electrons. The van der Waals surface area contributed by atoms with E-state index in [1.165, 1.54) is 12.3 Å². The molecule has 0 aliphatic rings. The monoisotopic (exact) mass is 264 g/mol. The molecule has 0 fully saturated rings. The Morgan fingerprint density at radius 2 is 2.36 bits per heavy atom. The lowest BCUT2D eigenvalue weighted by molar-refractivity contribution is 0.0695. The van der Waals surface area contributed by atoms with Gasteiger partial charge in [-0.25, -0.2) is 9.78 Å². The maximum atomic E-state index is 10.5. The van der Waals surface area contributed by atoms with Gasteiger partial charge in [-0.05, 0) is 28.7 Å². The van der Waals surface area contributed by atoms with E-state index in [4.69, 9.17) is 10.8 Å². The number of carboxylic acid groups (broad SMARTS) is 1. The third-order valence-electron chi connectivity index (χ3n) is 1.09. The van der Waals surface area contributed by atoms with Crippen LogP contribution in [0.5, 0.6) is 0 Å². The van der Waals surface area contributed by atoms with Gasteiger partial charge in [0.05, 0.1) is 17.4 Å². The predicted molar refractivity (Wildman–Crippen MR) is 48.3 cm³/mol. The minimum Gasteiger partial charge on any atom is -0.478 e. The zero-order chi connectivity index (χ0) is 8.43. The largest absolute Gasteiger partial charge is 0.478 e. The van der Waals surface area contributed by atoms with Gasteiger partial charge in [0.2, 0.25) is 0 Å². The van der Waals surface area contributed by atoms with E-state index in [1.54, 1.807) is 0 Å². The van der Waals surface area contributed by atoms with Crippen LogP contribution in [0.2, 0.25) is 0 Å². The summed E-state index contributed by atoms with van der Waals surface area (Å²) in [5.74, 6) is -1.01. The van der Waals surface area contributed by atoms with Gasteiger partial charge in [-0.1, -0.05) is 0 Å². The molecule has 5 heteroatoms. The molecule has 0 aliphatic heterocycles. The Hall–Kier alpha value is -0.850. The number of carbonyl (C=O) groups is 1. The van der Waals surface area contributed by atoms with Crippen LogP contribution in [0.4, 0.5) is 5.69 Å². The summed E-state index contributed by atoms with van der Waals surface area (Å²) in [6.45, 7) is 0. The third-order valence-corrected chi connectivity index (χ3v) is 1.95. The fourth-order valence-electron chi connectivity index (χ4n) is 0.614. The highest BCUT2D eigenvalue weighted by atomic mass is 127. The molecule has 1 heterocycles. The van der Waals surface area contributed by atoms with Gasteiger partial charge in [-0.15, -0.1) is 0 Å². The minimum atomic E-state index is -1.01. The standard InChI is InChI=1S/C6H5IN2O2/c7-5-4(6(10)11)1-3(8)2-9-5/h1-2H,8H2,(H,10,11). The molecule has 4 nitrogen and oxygen atoms in total. The van der Waals surface area contributed by atoms with Crippen LogP contribution < -0.4 is 5.73 Å². The first kappa shape index (κ1) is 8.25. The first-order valence-corrected chi connectivity index (χ1v) is 3.83. The van der Waals surface area contributed by atoms with Crippen LogP contribution in [0, 0.1) is 3.70 Å². The fraction of sp³-hybridized carbons (Fsp3) is 0. The molecule has 0 bridgehead atoms. The zero-order valence-corrected chi connectivity index (χ0v) is 7.57. The van der Waals surface area contributed by atoms with Gasteiger partial charge in [0.25, 0.3) is 0 Å². The van der Waals surface area contributed by atoms with E-state index in [1.807, 2.05) is 22.6 Å². The zero-order valence-electron chi connectivity index (χ0n) is 5.41. The first-order valence-electron chi connectivity index (χ1n) is 2.75. The van der Waals surface area contributed by atoms with Crippen LogP contribution in [-0.4, -0.2) is 16.1 Å². The Morgan fingerprint density at radius 3 is 2.82 bits per heavy atom. The van der Waals surface area contributed by atoms with Crippen LogP contribution in [0.15, 0.2) is 12.3 Å². The van der Waals surface area contributed by atoms with Crippen LogP contribution >= 0.6 is 22.6 Å². The van der Waals surface area contributed by atoms with Crippen LogP contribution in [0.1, 0.15) is 10.4 Å². The Balaban J connectivity index is 3.23. The van der Waals surface area contributed by atoms with Crippen molar-refractivity contribution in [3.05, 3.63) is 21.5 Å². The van der Waals surface area contributed by atoms with Crippen molar-refractivity contribution in [2.45, 2.75) is 0 Å². The second kappa shape index (κ2) is 3.04. The smallest absolute Gasteiger partial charge is 0.338 e. The summed E-state index contributed by atoms with van der Waals surface area (Å²) in [4.78, 5) is 14.3. The fourth-order valence-corrected chi connectivity index (χ4v) is 1.14. The van der Waals surface area contributed by atoms with Crippen molar-refractivity contribution in [1.82, 2.24) is 4.98 Å². The highest BCUT2D eigenvalue weighted by Crippen LogP contribution is 2.11. The lowest BCUT2D eigenvalue weighted by Crippen LogP contribution is -2.02. The van der Waals surface area contributed by atoms with Crippen molar-refractivity contribution in [3.8, 4) is 0 Å². The van der Waals surface area contributed by atoms with E-state index in [9.17, 15) is 4.79 Å². The van der Waals surface area contributed by atoms with E-state index in [-0.39, 0.29) is 5.56 Å². The van der Waals surface area contributed by atoms with Crippen LogP contribution in [0.3, 0.4) is 0 Å². The molecular weight excluding hydrogens is 259 g/mol. The van der Waals surface area contributed by atoms with Gasteiger partial charge in [0.15, 0.2) is 0 Å². The van der Waals surface area contributed by atoms with Gasteiger partial charge in [0, 0.05) is 0 Å². The Labute approximate surface area is 76.6 Å². The number of nitrogens with zero attached hydrogens (tertiary/aromatic N) is 1. The normalized spacial score (nSPS) is 9.55. The van der Waals surface area contributed by atoms with Crippen LogP contribution in [0.25, 0.3) is 0 Å². The number of halogens is 1. The second-order valence-corrected chi connectivity index (χ2v) is 2.93. The van der Waals surface area contributed by atoms with E-state index < -0.39 is 5.97 Å². The van der Waals surface area contributed by atoms with Gasteiger partial charge < -0.3 is 10.8 Å². The van der Waals surface area contributed by atoms with Crippen molar-refractivity contribution < 1.29 is 9.90 Å². The highest BCUT2D eigenvalue weighted by Gasteiger charge is 2.08. The Kier molecular flexibility index (Phi) is 2.28. The lowest BCUT2D eigenvalue weighted by Gasteiger charge is -1.97. The van der Waals surface area contributed by atoms with Gasteiger partial charge in [-0.3, -0.25) is 0 Å². The highest BCUT2D eigenvalue weighted by molar-refractivity contribution is 14.1. The molecule has 0 amide bonds. The van der Waals surface area contributed by atoms with Gasteiger partial charge >= 0.3 is 5.97 Å². The lowest BCUT2D eigenvalue weighted by atomic mass is 10.3. The molecule has 0 atom stereocenters. The molecule has 0 saturated carbocycles. The second-order valence-electron chi connectivity index (χ2n) is 1.91. The van der Waals surface area contributed by atoms with Crippen molar-refractivity contribution in [1.29, 1.82) is 0 Å². The third kappa shape index (κ3) is 1.79. The molecule has 1 aromatic heterocycles. The summed E-state index contributed by atoms with van der Waals surface area (Å²) < 4.78 is 0.448. The number of hydrogen-bond acceptors (Lipinski definition) is 3. The van der Waals surface area contributed by atoms with E-state index >= 15 is 0 Å². The van der Waals surface area contributed by atoms with Gasteiger partial charge in [-0.2, -0.15) is 0 Å². The molecule has 0 spiro atoms. The Morgan fingerprint density at radius 1 is 1.73 bits per heavy atom. The summed E-state index contributed by atoms with van der Waals surface area (Å²) >= 11 is 1.84. The summed E-state index contributed by atoms with van der Waals surface area (Å²) in [5, 5.41) is 8.59. The number of anilines is 1. The van der Waals surface area contributed by atoms with Crippen molar-refractivity contribution >= 4 is 34.2 Å². The molecule has 0 saturated heterocycles. The molecule has 3 N–H and O–H groups in total. The van der Waals surface area contributed by atoms with Crippen molar-refractivity contribution in [2.75, 3.05) is 5.73 Å². The van der Waals surface area contributed by atoms with Crippen molar-refractivity contribution in [3.63, 3.8) is 0 Å². The van der Waals surface area contributed by atoms with E-state index in [0.717, 1.165) is 0 Å². The molecule has 0 aromatic carbocycles. The maximum Gasteiger partial charge on any atom is 0.338 e. The summed E-state index contributed by atoms with van der Waals surface area (Å²) in [7, 11) is 0. The Bertz CT molecular complexity index is 301. The molecule has 58 valence electrons. The maximum absolute atomic E-state index is 10.5. The van der Waals surface area contributed by atoms with Crippen molar-refractivity contribution in [2.24, 2.45) is 0 Å². The average molecular weight is 264 g/mol. The number of rotatable bonds is 1. The molecule has 0 aliphatic carbocycles. The number of hydrogen-bond donors (Lipinski definition) is 2. The number of pyridine rings is 1. The molecule has 1 rings (SSSR count). The molecule has 11 heavy (non-hydrogen) atoms. The number of aromatic carboxylic acids is 1. The number of nitrogens with two attached hydrogens (primary N) is 1. The number of aromatic nitrogens is 1. The quantitative estimate of drug-likeness (QED) is 0.585. The minimum absolute atomic E-state index is 0.144. The van der Waals surface area contributed by atoms with Crippen LogP contribution in [-0.2, 0) is 0 Å². The topological polar surface area (TPSA) is 76.2 Å². The average Bonchev–Trinajstić information content (AvgIpc) is 1.94. The predicted octanol–water partition coefficient (Wildman–Crippen LogP) is 0.967. The van der Waals surface area contributed by atoms with E-state index in [2.05, 4.69) is 4.98 Å². The summed E-state index contributed by atoms with van der Waals surface area (Å²) in [6.07, 6.45) is 1.42. The SMILES string of the molecule is Nc1cnc(I)c(C(=O)O)c1. The summed E-state index contributed by atoms with van der Waals surface area (Å²) in [6, 6.07) is 1.39. The first-order chi connectivity index (χ1) is 5.11. The van der Waals surface area contributed by atoms with Gasteiger partial charge in [0.1, 0.15) is 3.70 Å². The number of carboxylic acids is 1. The molecule has 0 unspecified atom stereocenters. The number of nitrogen functional groups attached to an aromatic ring is 1. The van der Waals surface area contributed by atoms with E-state index in [0.29, 0.717) is 9.39 Å². The molecular formula is C6H5IN2O2.